The van der Waals surface area contributed by atoms with Gasteiger partial charge in [0.15, 0.2) is 5.78 Å². The van der Waals surface area contributed by atoms with Crippen LogP contribution in [-0.2, 0) is 19.1 Å². The van der Waals surface area contributed by atoms with Crippen molar-refractivity contribution in [2.75, 3.05) is 26.2 Å². The molecule has 0 saturated carbocycles. The van der Waals surface area contributed by atoms with Crippen LogP contribution in [-0.4, -0.2) is 77.1 Å². The van der Waals surface area contributed by atoms with Crippen LogP contribution < -0.4 is 5.32 Å². The topological polar surface area (TPSA) is 113 Å². The molecule has 0 aromatic heterocycles. The molecule has 2 aliphatic rings. The first-order valence-electron chi connectivity index (χ1n) is 13.0. The van der Waals surface area contributed by atoms with Gasteiger partial charge in [0.25, 0.3) is 5.91 Å². The molecule has 202 valence electrons. The van der Waals surface area contributed by atoms with Gasteiger partial charge in [-0.15, -0.1) is 0 Å². The first-order chi connectivity index (χ1) is 17.3. The lowest BCUT2D eigenvalue weighted by molar-refractivity contribution is -0.155. The van der Waals surface area contributed by atoms with E-state index in [1.54, 1.807) is 49.9 Å². The first-order valence-corrected chi connectivity index (χ1v) is 13.0. The lowest BCUT2D eigenvalue weighted by atomic mass is 9.77. The molecule has 1 atom stereocenters. The van der Waals surface area contributed by atoms with Gasteiger partial charge in [0.1, 0.15) is 11.6 Å². The van der Waals surface area contributed by atoms with Crippen LogP contribution in [0.15, 0.2) is 24.3 Å². The molecule has 1 aromatic carbocycles. The third-order valence-corrected chi connectivity index (χ3v) is 7.13. The van der Waals surface area contributed by atoms with Crippen LogP contribution in [0.1, 0.15) is 87.4 Å². The van der Waals surface area contributed by atoms with Gasteiger partial charge < -0.3 is 19.9 Å². The standard InChI is InChI=1S/C28H39N3O6/c1-19(32)21-6-8-22(9-7-21)25(35)30-15-12-28(13-16-30)14-17-31(18-28)26(36)23(29-20(2)33)10-11-24(34)37-27(3,4)5/h6-9,23H,10-18H2,1-5H3,(H,29,33). The number of ether oxygens (including phenoxy) is 1. The highest BCUT2D eigenvalue weighted by Gasteiger charge is 2.44. The zero-order chi connectivity index (χ0) is 27.4. The third kappa shape index (κ3) is 7.63. The Labute approximate surface area is 218 Å². The Morgan fingerprint density at radius 2 is 1.46 bits per heavy atom. The zero-order valence-corrected chi connectivity index (χ0v) is 22.6. The number of amides is 3. The maximum absolute atomic E-state index is 13.3. The number of benzene rings is 1. The number of piperidine rings is 1. The molecule has 1 N–H and O–H groups in total. The quantitative estimate of drug-likeness (QED) is 0.443. The first kappa shape index (κ1) is 28.3. The Balaban J connectivity index is 1.56. The molecule has 2 saturated heterocycles. The zero-order valence-electron chi connectivity index (χ0n) is 22.6. The number of hydrogen-bond donors (Lipinski definition) is 1. The molecule has 9 nitrogen and oxygen atoms in total. The number of hydrogen-bond acceptors (Lipinski definition) is 6. The third-order valence-electron chi connectivity index (χ3n) is 7.13. The minimum atomic E-state index is -0.778. The lowest BCUT2D eigenvalue weighted by Crippen LogP contribution is -2.49. The Morgan fingerprint density at radius 3 is 1.97 bits per heavy atom. The average molecular weight is 514 g/mol. The van der Waals surface area contributed by atoms with Crippen molar-refractivity contribution in [2.45, 2.75) is 78.4 Å². The van der Waals surface area contributed by atoms with Gasteiger partial charge in [0.2, 0.25) is 11.8 Å². The molecule has 37 heavy (non-hydrogen) atoms. The van der Waals surface area contributed by atoms with Crippen LogP contribution in [0.2, 0.25) is 0 Å². The van der Waals surface area contributed by atoms with Crippen LogP contribution in [0.25, 0.3) is 0 Å². The summed E-state index contributed by atoms with van der Waals surface area (Å²) < 4.78 is 5.34. The van der Waals surface area contributed by atoms with E-state index in [0.29, 0.717) is 37.3 Å². The van der Waals surface area contributed by atoms with Crippen molar-refractivity contribution in [2.24, 2.45) is 5.41 Å². The second-order valence-corrected chi connectivity index (χ2v) is 11.3. The number of nitrogens with one attached hydrogen (secondary N) is 1. The normalized spacial score (nSPS) is 17.9. The minimum Gasteiger partial charge on any atom is -0.460 e. The van der Waals surface area contributed by atoms with E-state index >= 15 is 0 Å². The van der Waals surface area contributed by atoms with Gasteiger partial charge >= 0.3 is 5.97 Å². The van der Waals surface area contributed by atoms with Crippen molar-refractivity contribution < 1.29 is 28.7 Å². The predicted octanol–water partition coefficient (Wildman–Crippen LogP) is 2.97. The van der Waals surface area contributed by atoms with Crippen LogP contribution in [0.5, 0.6) is 0 Å². The summed E-state index contributed by atoms with van der Waals surface area (Å²) in [5.41, 5.74) is 0.470. The fourth-order valence-corrected chi connectivity index (χ4v) is 5.12. The summed E-state index contributed by atoms with van der Waals surface area (Å²) >= 11 is 0. The van der Waals surface area contributed by atoms with Crippen LogP contribution >= 0.6 is 0 Å². The van der Waals surface area contributed by atoms with Crippen LogP contribution in [0.4, 0.5) is 0 Å². The second-order valence-electron chi connectivity index (χ2n) is 11.3. The molecule has 2 heterocycles. The van der Waals surface area contributed by atoms with Crippen LogP contribution in [0.3, 0.4) is 0 Å². The summed E-state index contributed by atoms with van der Waals surface area (Å²) in [6.07, 6.45) is 2.64. The number of ketones is 1. The smallest absolute Gasteiger partial charge is 0.306 e. The van der Waals surface area contributed by atoms with Crippen molar-refractivity contribution in [1.82, 2.24) is 15.1 Å². The Bertz CT molecular complexity index is 1030. The number of rotatable bonds is 7. The summed E-state index contributed by atoms with van der Waals surface area (Å²) in [5, 5.41) is 2.71. The maximum atomic E-state index is 13.3. The fraction of sp³-hybridized carbons (Fsp3) is 0.607. The Hall–Kier alpha value is -3.23. The minimum absolute atomic E-state index is 0.0372. The van der Waals surface area contributed by atoms with E-state index in [1.165, 1.54) is 13.8 Å². The van der Waals surface area contributed by atoms with E-state index in [2.05, 4.69) is 5.32 Å². The molecule has 2 fully saturated rings. The van der Waals surface area contributed by atoms with Gasteiger partial charge in [0.05, 0.1) is 0 Å². The lowest BCUT2D eigenvalue weighted by Gasteiger charge is -2.39. The van der Waals surface area contributed by atoms with Crippen molar-refractivity contribution in [3.63, 3.8) is 0 Å². The molecule has 0 aliphatic carbocycles. The predicted molar refractivity (Wildman–Crippen MR) is 138 cm³/mol. The molecule has 3 amide bonds. The summed E-state index contributed by atoms with van der Waals surface area (Å²) in [5.74, 6) is -0.991. The highest BCUT2D eigenvalue weighted by atomic mass is 16.6. The van der Waals surface area contributed by atoms with Crippen molar-refractivity contribution >= 4 is 29.5 Å². The number of nitrogens with zero attached hydrogens (tertiary/aromatic N) is 2. The van der Waals surface area contributed by atoms with Gasteiger partial charge in [-0.3, -0.25) is 24.0 Å². The number of likely N-dealkylation sites (tertiary alicyclic amines) is 2. The van der Waals surface area contributed by atoms with Gasteiger partial charge in [0, 0.05) is 50.7 Å². The largest absolute Gasteiger partial charge is 0.460 e. The van der Waals surface area contributed by atoms with Crippen molar-refractivity contribution in [3.05, 3.63) is 35.4 Å². The van der Waals surface area contributed by atoms with E-state index < -0.39 is 17.6 Å². The molecule has 0 bridgehead atoms. The second kappa shape index (κ2) is 11.4. The molecule has 2 aliphatic heterocycles. The molecular weight excluding hydrogens is 474 g/mol. The Morgan fingerprint density at radius 1 is 0.919 bits per heavy atom. The number of carbonyl (C=O) groups is 5. The molecule has 1 spiro atoms. The van der Waals surface area contributed by atoms with Gasteiger partial charge in [-0.2, -0.15) is 0 Å². The molecule has 1 unspecified atom stereocenters. The number of carbonyl (C=O) groups excluding carboxylic acids is 5. The molecule has 3 rings (SSSR count). The summed E-state index contributed by atoms with van der Waals surface area (Å²) in [7, 11) is 0. The van der Waals surface area contributed by atoms with Gasteiger partial charge in [-0.05, 0) is 70.9 Å². The highest BCUT2D eigenvalue weighted by molar-refractivity contribution is 5.97. The van der Waals surface area contributed by atoms with E-state index in [1.807, 2.05) is 4.90 Å². The molecule has 1 aromatic rings. The Kier molecular flexibility index (Phi) is 8.76. The molecule has 0 radical (unpaired) electrons. The van der Waals surface area contributed by atoms with Crippen molar-refractivity contribution in [3.8, 4) is 0 Å². The van der Waals surface area contributed by atoms with E-state index in [9.17, 15) is 24.0 Å². The van der Waals surface area contributed by atoms with Gasteiger partial charge in [-0.1, -0.05) is 12.1 Å². The number of esters is 1. The van der Waals surface area contributed by atoms with Crippen LogP contribution in [0, 0.1) is 5.41 Å². The fourth-order valence-electron chi connectivity index (χ4n) is 5.12. The summed E-state index contributed by atoms with van der Waals surface area (Å²) in [6, 6.07) is 5.96. The summed E-state index contributed by atoms with van der Waals surface area (Å²) in [6.45, 7) is 10.6. The molecular formula is C28H39N3O6. The average Bonchev–Trinajstić information content (AvgIpc) is 3.23. The van der Waals surface area contributed by atoms with Gasteiger partial charge in [-0.25, -0.2) is 0 Å². The maximum Gasteiger partial charge on any atom is 0.306 e. The SMILES string of the molecule is CC(=O)NC(CCC(=O)OC(C)(C)C)C(=O)N1CCC2(CCN(C(=O)c3ccc(C(C)=O)cc3)CC2)C1. The van der Waals surface area contributed by atoms with E-state index in [4.69, 9.17) is 4.74 Å². The monoisotopic (exact) mass is 513 g/mol. The van der Waals surface area contributed by atoms with Crippen molar-refractivity contribution in [1.29, 1.82) is 0 Å². The highest BCUT2D eigenvalue weighted by Crippen LogP contribution is 2.41. The summed E-state index contributed by atoms with van der Waals surface area (Å²) in [4.78, 5) is 65.3. The van der Waals surface area contributed by atoms with E-state index in [-0.39, 0.29) is 41.8 Å². The number of Topliss-reactive ketones (excluding diaryl/α,β-unsaturated/α-hetero) is 1. The van der Waals surface area contributed by atoms with E-state index in [0.717, 1.165) is 19.3 Å². The molecule has 9 heteroatoms.